The summed E-state index contributed by atoms with van der Waals surface area (Å²) in [5, 5.41) is 0. The van der Waals surface area contributed by atoms with Gasteiger partial charge in [-0.2, -0.15) is 0 Å². The van der Waals surface area contributed by atoms with Crippen molar-refractivity contribution >= 4 is 11.8 Å². The average Bonchev–Trinajstić information content (AvgIpc) is 2.82. The summed E-state index contributed by atoms with van der Waals surface area (Å²) in [6.07, 6.45) is 6.42. The van der Waals surface area contributed by atoms with Crippen molar-refractivity contribution in [1.82, 2.24) is 9.80 Å². The van der Waals surface area contributed by atoms with Crippen LogP contribution in [-0.4, -0.2) is 59.6 Å². The van der Waals surface area contributed by atoms with Gasteiger partial charge in [-0.05, 0) is 81.6 Å². The fraction of sp³-hybridized carbons (Fsp3) is 0.677. The van der Waals surface area contributed by atoms with E-state index in [0.29, 0.717) is 13.1 Å². The maximum absolute atomic E-state index is 12.4. The molecular formula is C31H51N3O2. The lowest BCUT2D eigenvalue weighted by atomic mass is 9.63. The molecule has 1 unspecified atom stereocenters. The van der Waals surface area contributed by atoms with E-state index in [1.54, 1.807) is 4.90 Å². The number of amides is 1. The maximum Gasteiger partial charge on any atom is 0.410 e. The van der Waals surface area contributed by atoms with Crippen molar-refractivity contribution < 1.29 is 9.53 Å². The minimum absolute atomic E-state index is 0.0347. The maximum atomic E-state index is 12.4. The van der Waals surface area contributed by atoms with Crippen LogP contribution in [0.2, 0.25) is 0 Å². The second-order valence-corrected chi connectivity index (χ2v) is 12.2. The van der Waals surface area contributed by atoms with Gasteiger partial charge in [-0.3, -0.25) is 9.89 Å². The molecule has 0 radical (unpaired) electrons. The molecule has 1 amide bonds. The summed E-state index contributed by atoms with van der Waals surface area (Å²) >= 11 is 0. The predicted octanol–water partition coefficient (Wildman–Crippen LogP) is 7.33. The Morgan fingerprint density at radius 3 is 2.08 bits per heavy atom. The monoisotopic (exact) mass is 497 g/mol. The number of ether oxygens (including phenoxy) is 1. The number of hydrogen-bond donors (Lipinski definition) is 0. The van der Waals surface area contributed by atoms with Crippen molar-refractivity contribution in [2.24, 2.45) is 4.99 Å². The van der Waals surface area contributed by atoms with Crippen LogP contribution < -0.4 is 0 Å². The van der Waals surface area contributed by atoms with Gasteiger partial charge >= 0.3 is 6.09 Å². The third-order valence-electron chi connectivity index (χ3n) is 7.29. The fourth-order valence-electron chi connectivity index (χ4n) is 5.01. The van der Waals surface area contributed by atoms with Crippen molar-refractivity contribution in [2.45, 2.75) is 112 Å². The van der Waals surface area contributed by atoms with Crippen LogP contribution in [0, 0.1) is 0 Å². The topological polar surface area (TPSA) is 45.1 Å². The zero-order chi connectivity index (χ0) is 27.3. The molecule has 1 fully saturated rings. The molecule has 1 saturated heterocycles. The van der Waals surface area contributed by atoms with Gasteiger partial charge in [0.1, 0.15) is 5.60 Å². The molecule has 36 heavy (non-hydrogen) atoms. The van der Waals surface area contributed by atoms with Crippen molar-refractivity contribution in [1.29, 1.82) is 0 Å². The zero-order valence-corrected chi connectivity index (χ0v) is 24.9. The quantitative estimate of drug-likeness (QED) is 0.409. The third-order valence-corrected chi connectivity index (χ3v) is 7.29. The molecule has 202 valence electrons. The van der Waals surface area contributed by atoms with E-state index in [9.17, 15) is 4.79 Å². The molecule has 3 rings (SSSR count). The zero-order valence-electron chi connectivity index (χ0n) is 24.9. The molecule has 0 N–H and O–H groups in total. The minimum atomic E-state index is -0.466. The summed E-state index contributed by atoms with van der Waals surface area (Å²) in [5.74, 6) is 0. The van der Waals surface area contributed by atoms with E-state index in [0.717, 1.165) is 18.8 Å². The van der Waals surface area contributed by atoms with Crippen LogP contribution in [-0.2, 0) is 15.6 Å². The highest BCUT2D eigenvalue weighted by atomic mass is 16.6. The van der Waals surface area contributed by atoms with Gasteiger partial charge in [0.15, 0.2) is 0 Å². The van der Waals surface area contributed by atoms with Crippen LogP contribution in [0.3, 0.4) is 0 Å². The van der Waals surface area contributed by atoms with Gasteiger partial charge < -0.3 is 9.64 Å². The molecule has 1 heterocycles. The molecule has 1 aromatic rings. The van der Waals surface area contributed by atoms with Crippen molar-refractivity contribution in [3.8, 4) is 0 Å². The number of carbonyl (C=O) groups excluding carboxylic acids is 1. The van der Waals surface area contributed by atoms with E-state index in [2.05, 4.69) is 69.9 Å². The smallest absolute Gasteiger partial charge is 0.410 e. The standard InChI is InChI=1S/C29H45N3O2.C2H6/c1-10-11-25(22-12-13-23-24(20-22)29(8,9)15-14-28(23,6)7)30-21(2)31-16-18-32(19-17-31)26(33)34-27(3,4)5;1-2/h10-13,20-21H,14-19H2,1-9H3;1-2H3/b11-10-,30-25+;. The lowest BCUT2D eigenvalue weighted by Crippen LogP contribution is -2.52. The van der Waals surface area contributed by atoms with Crippen LogP contribution >= 0.6 is 0 Å². The molecule has 0 spiro atoms. The van der Waals surface area contributed by atoms with Crippen molar-refractivity contribution in [3.05, 3.63) is 47.0 Å². The Kier molecular flexibility index (Phi) is 9.98. The number of carbonyl (C=O) groups is 1. The first-order valence-electron chi connectivity index (χ1n) is 13.8. The molecule has 1 aliphatic heterocycles. The number of piperazine rings is 1. The molecule has 1 aliphatic carbocycles. The second-order valence-electron chi connectivity index (χ2n) is 12.2. The van der Waals surface area contributed by atoms with E-state index in [1.165, 1.54) is 29.5 Å². The van der Waals surface area contributed by atoms with Crippen LogP contribution in [0.4, 0.5) is 4.79 Å². The minimum Gasteiger partial charge on any atom is -0.444 e. The van der Waals surface area contributed by atoms with Gasteiger partial charge in [-0.1, -0.05) is 59.8 Å². The molecule has 2 aliphatic rings. The fourth-order valence-corrected chi connectivity index (χ4v) is 5.01. The Bertz CT molecular complexity index is 945. The molecule has 0 saturated carbocycles. The molecule has 5 heteroatoms. The third kappa shape index (κ3) is 7.44. The average molecular weight is 498 g/mol. The first kappa shape index (κ1) is 30.1. The second kappa shape index (κ2) is 11.9. The Hall–Kier alpha value is -2.14. The Morgan fingerprint density at radius 1 is 1.00 bits per heavy atom. The highest BCUT2D eigenvalue weighted by Gasteiger charge is 2.37. The SMILES string of the molecule is C/C=C\C(=N/C(C)N1CCN(C(=O)OC(C)(C)C)CC1)c1ccc2c(c1)C(C)(C)CCC2(C)C.CC. The predicted molar refractivity (Wildman–Crippen MR) is 153 cm³/mol. The van der Waals surface area contributed by atoms with Gasteiger partial charge in [0, 0.05) is 31.7 Å². The van der Waals surface area contributed by atoms with Crippen molar-refractivity contribution in [3.63, 3.8) is 0 Å². The number of fused-ring (bicyclic) bond motifs is 1. The summed E-state index contributed by atoms with van der Waals surface area (Å²) in [6, 6.07) is 6.95. The molecule has 0 aromatic heterocycles. The van der Waals surface area contributed by atoms with Crippen LogP contribution in [0.1, 0.15) is 106 Å². The highest BCUT2D eigenvalue weighted by Crippen LogP contribution is 2.46. The molecule has 1 aromatic carbocycles. The van der Waals surface area contributed by atoms with Crippen LogP contribution in [0.25, 0.3) is 0 Å². The van der Waals surface area contributed by atoms with Gasteiger partial charge in [-0.15, -0.1) is 0 Å². The molecule has 1 atom stereocenters. The van der Waals surface area contributed by atoms with Gasteiger partial charge in [-0.25, -0.2) is 4.79 Å². The lowest BCUT2D eigenvalue weighted by molar-refractivity contribution is 0.0115. The Morgan fingerprint density at radius 2 is 1.56 bits per heavy atom. The number of allylic oxidation sites excluding steroid dienone is 2. The molecule has 5 nitrogen and oxygen atoms in total. The van der Waals surface area contributed by atoms with E-state index in [-0.39, 0.29) is 23.1 Å². The highest BCUT2D eigenvalue weighted by molar-refractivity contribution is 6.09. The summed E-state index contributed by atoms with van der Waals surface area (Å²) < 4.78 is 5.54. The summed E-state index contributed by atoms with van der Waals surface area (Å²) in [4.78, 5) is 21.7. The lowest BCUT2D eigenvalue weighted by Gasteiger charge is -2.42. The van der Waals surface area contributed by atoms with E-state index in [1.807, 2.05) is 41.5 Å². The largest absolute Gasteiger partial charge is 0.444 e. The Balaban J connectivity index is 0.00000222. The number of hydrogen-bond acceptors (Lipinski definition) is 4. The van der Waals surface area contributed by atoms with Crippen LogP contribution in [0.15, 0.2) is 35.3 Å². The first-order valence-corrected chi connectivity index (χ1v) is 13.8. The molecule has 0 bridgehead atoms. The Labute approximate surface area is 221 Å². The number of rotatable bonds is 4. The summed E-state index contributed by atoms with van der Waals surface area (Å²) in [5.41, 5.74) is 5.05. The number of aliphatic imine (C=N–C) groups is 1. The van der Waals surface area contributed by atoms with E-state index < -0.39 is 5.60 Å². The van der Waals surface area contributed by atoms with E-state index >= 15 is 0 Å². The molecular weight excluding hydrogens is 446 g/mol. The van der Waals surface area contributed by atoms with Gasteiger partial charge in [0.05, 0.1) is 11.9 Å². The van der Waals surface area contributed by atoms with E-state index in [4.69, 9.17) is 9.73 Å². The number of nitrogens with zero attached hydrogens (tertiary/aromatic N) is 3. The van der Waals surface area contributed by atoms with Gasteiger partial charge in [0.2, 0.25) is 0 Å². The number of benzene rings is 1. The summed E-state index contributed by atoms with van der Waals surface area (Å²) in [6.45, 7) is 26.3. The van der Waals surface area contributed by atoms with Crippen molar-refractivity contribution in [2.75, 3.05) is 26.2 Å². The first-order chi connectivity index (χ1) is 16.7. The normalized spacial score (nSPS) is 20.9. The summed E-state index contributed by atoms with van der Waals surface area (Å²) in [7, 11) is 0. The van der Waals surface area contributed by atoms with Gasteiger partial charge in [0.25, 0.3) is 0 Å². The van der Waals surface area contributed by atoms with Crippen LogP contribution in [0.5, 0.6) is 0 Å².